The minimum Gasteiger partial charge on any atom is -0.508 e. The summed E-state index contributed by atoms with van der Waals surface area (Å²) in [5.74, 6) is -0.163. The molecule has 1 heterocycles. The number of esters is 1. The number of aromatic nitrogens is 1. The molecule has 1 atom stereocenters. The fourth-order valence-electron chi connectivity index (χ4n) is 1.91. The van der Waals surface area contributed by atoms with Crippen molar-refractivity contribution < 1.29 is 14.6 Å². The lowest BCUT2D eigenvalue weighted by Gasteiger charge is -2.17. The predicted molar refractivity (Wildman–Crippen MR) is 72.3 cm³/mol. The number of aromatic hydroxyl groups is 1. The summed E-state index contributed by atoms with van der Waals surface area (Å²) in [6.07, 6.45) is 2.19. The maximum Gasteiger partial charge on any atom is 0.329 e. The second-order valence-corrected chi connectivity index (χ2v) is 4.53. The predicted octanol–water partition coefficient (Wildman–Crippen LogP) is 2.80. The molecule has 0 unspecified atom stereocenters. The molecule has 0 aliphatic heterocycles. The molecule has 2 aromatic rings. The Kier molecular flexibility index (Phi) is 4.12. The maximum absolute atomic E-state index is 11.9. The van der Waals surface area contributed by atoms with E-state index in [9.17, 15) is 9.90 Å². The van der Waals surface area contributed by atoms with Gasteiger partial charge in [-0.2, -0.15) is 0 Å². The van der Waals surface area contributed by atoms with Crippen LogP contribution in [0.1, 0.15) is 11.6 Å². The van der Waals surface area contributed by atoms with Crippen LogP contribution in [-0.4, -0.2) is 22.8 Å². The number of methoxy groups -OCH3 is 1. The van der Waals surface area contributed by atoms with Gasteiger partial charge in [0.15, 0.2) is 0 Å². The number of hydrogen-bond acceptors (Lipinski definition) is 3. The number of phenols is 1. The number of carbonyl (C=O) groups excluding carboxylic acids is 1. The van der Waals surface area contributed by atoms with Gasteiger partial charge < -0.3 is 14.4 Å². The molecule has 0 saturated heterocycles. The minimum absolute atomic E-state index is 0.192. The third-order valence-electron chi connectivity index (χ3n) is 2.90. The number of ether oxygens (including phenoxy) is 1. The Morgan fingerprint density at radius 1 is 1.37 bits per heavy atom. The van der Waals surface area contributed by atoms with Crippen molar-refractivity contribution in [2.24, 2.45) is 0 Å². The van der Waals surface area contributed by atoms with Crippen LogP contribution in [-0.2, 0) is 16.0 Å². The highest BCUT2D eigenvalue weighted by Crippen LogP contribution is 2.22. The first kappa shape index (κ1) is 13.5. The van der Waals surface area contributed by atoms with Crippen molar-refractivity contribution in [3.8, 4) is 5.75 Å². The zero-order valence-corrected chi connectivity index (χ0v) is 11.2. The van der Waals surface area contributed by atoms with E-state index in [2.05, 4.69) is 0 Å². The van der Waals surface area contributed by atoms with Crippen molar-refractivity contribution in [3.05, 3.63) is 53.3 Å². The van der Waals surface area contributed by atoms with Gasteiger partial charge in [0.25, 0.3) is 0 Å². The van der Waals surface area contributed by atoms with Crippen LogP contribution in [0.4, 0.5) is 0 Å². The summed E-state index contributed by atoms with van der Waals surface area (Å²) in [7, 11) is 1.35. The van der Waals surface area contributed by atoms with Gasteiger partial charge in [0, 0.05) is 12.6 Å². The molecular formula is C14H14ClNO3. The molecule has 0 radical (unpaired) electrons. The lowest BCUT2D eigenvalue weighted by Crippen LogP contribution is -2.22. The van der Waals surface area contributed by atoms with Crippen molar-refractivity contribution in [1.82, 2.24) is 4.57 Å². The molecule has 0 bridgehead atoms. The molecule has 0 amide bonds. The zero-order chi connectivity index (χ0) is 13.8. The number of carbonyl (C=O) groups is 1. The van der Waals surface area contributed by atoms with Crippen LogP contribution in [0.25, 0.3) is 0 Å². The average molecular weight is 280 g/mol. The molecule has 100 valence electrons. The molecular weight excluding hydrogens is 266 g/mol. The highest BCUT2D eigenvalue weighted by molar-refractivity contribution is 6.29. The van der Waals surface area contributed by atoms with Crippen LogP contribution < -0.4 is 0 Å². The second-order valence-electron chi connectivity index (χ2n) is 4.15. The quantitative estimate of drug-likeness (QED) is 0.876. The van der Waals surface area contributed by atoms with E-state index in [0.717, 1.165) is 5.56 Å². The monoisotopic (exact) mass is 279 g/mol. The molecule has 1 aromatic heterocycles. The Labute approximate surface area is 116 Å². The lowest BCUT2D eigenvalue weighted by atomic mass is 10.1. The van der Waals surface area contributed by atoms with Crippen molar-refractivity contribution in [1.29, 1.82) is 0 Å². The van der Waals surface area contributed by atoms with E-state index in [4.69, 9.17) is 16.3 Å². The molecule has 0 aliphatic carbocycles. The van der Waals surface area contributed by atoms with Crippen molar-refractivity contribution in [2.75, 3.05) is 7.11 Å². The third kappa shape index (κ3) is 3.09. The normalized spacial score (nSPS) is 12.1. The van der Waals surface area contributed by atoms with Crippen LogP contribution in [0.15, 0.2) is 42.6 Å². The van der Waals surface area contributed by atoms with Crippen molar-refractivity contribution >= 4 is 17.6 Å². The van der Waals surface area contributed by atoms with Crippen LogP contribution in [0.2, 0.25) is 5.15 Å². The SMILES string of the molecule is COC(=O)[C@H](Cc1ccc(O)cc1)n1cccc1Cl. The highest BCUT2D eigenvalue weighted by Gasteiger charge is 2.22. The first-order chi connectivity index (χ1) is 9.11. The molecule has 4 nitrogen and oxygen atoms in total. The van der Waals surface area contributed by atoms with Gasteiger partial charge in [0.1, 0.15) is 16.9 Å². The third-order valence-corrected chi connectivity index (χ3v) is 3.22. The minimum atomic E-state index is -0.517. The Balaban J connectivity index is 2.27. The van der Waals surface area contributed by atoms with Crippen molar-refractivity contribution in [3.63, 3.8) is 0 Å². The zero-order valence-electron chi connectivity index (χ0n) is 10.4. The second kappa shape index (κ2) is 5.80. The molecule has 2 rings (SSSR count). The summed E-state index contributed by atoms with van der Waals surface area (Å²) < 4.78 is 6.49. The number of hydrogen-bond donors (Lipinski definition) is 1. The van der Waals surface area contributed by atoms with E-state index < -0.39 is 6.04 Å². The van der Waals surface area contributed by atoms with Gasteiger partial charge in [-0.25, -0.2) is 4.79 Å². The van der Waals surface area contributed by atoms with Gasteiger partial charge in [-0.3, -0.25) is 0 Å². The number of nitrogens with zero attached hydrogens (tertiary/aromatic N) is 1. The Bertz CT molecular complexity index is 562. The standard InChI is InChI=1S/C14H14ClNO3/c1-19-14(18)12(16-8-2-3-13(16)15)9-10-4-6-11(17)7-5-10/h2-8,12,17H,9H2,1H3/t12-/m0/s1. The summed E-state index contributed by atoms with van der Waals surface area (Å²) in [6.45, 7) is 0. The van der Waals surface area contributed by atoms with Crippen LogP contribution in [0.3, 0.4) is 0 Å². The summed E-state index contributed by atoms with van der Waals surface area (Å²) >= 11 is 6.04. The summed E-state index contributed by atoms with van der Waals surface area (Å²) in [4.78, 5) is 11.9. The Morgan fingerprint density at radius 2 is 2.05 bits per heavy atom. The smallest absolute Gasteiger partial charge is 0.329 e. The summed E-state index contributed by atoms with van der Waals surface area (Å²) in [6, 6.07) is 9.67. The van der Waals surface area contributed by atoms with Crippen LogP contribution in [0, 0.1) is 0 Å². The molecule has 0 spiro atoms. The van der Waals surface area contributed by atoms with Crippen LogP contribution >= 0.6 is 11.6 Å². The molecule has 0 saturated carbocycles. The van der Waals surface area contributed by atoms with E-state index in [0.29, 0.717) is 11.6 Å². The summed E-state index contributed by atoms with van der Waals surface area (Å²) in [5.41, 5.74) is 0.915. The van der Waals surface area contributed by atoms with E-state index in [-0.39, 0.29) is 11.7 Å². The van der Waals surface area contributed by atoms with Gasteiger partial charge in [0.2, 0.25) is 0 Å². The molecule has 1 aromatic carbocycles. The van der Waals surface area contributed by atoms with E-state index in [1.165, 1.54) is 7.11 Å². The highest BCUT2D eigenvalue weighted by atomic mass is 35.5. The first-order valence-corrected chi connectivity index (χ1v) is 6.17. The number of benzene rings is 1. The van der Waals surface area contributed by atoms with Crippen molar-refractivity contribution in [2.45, 2.75) is 12.5 Å². The molecule has 0 aliphatic rings. The number of rotatable bonds is 4. The van der Waals surface area contributed by atoms with E-state index in [1.807, 2.05) is 0 Å². The molecule has 0 fully saturated rings. The Morgan fingerprint density at radius 3 is 2.58 bits per heavy atom. The van der Waals surface area contributed by atoms with Gasteiger partial charge in [-0.15, -0.1) is 0 Å². The average Bonchev–Trinajstić information content (AvgIpc) is 2.83. The molecule has 1 N–H and O–H groups in total. The fraction of sp³-hybridized carbons (Fsp3) is 0.214. The van der Waals surface area contributed by atoms with Crippen LogP contribution in [0.5, 0.6) is 5.75 Å². The fourth-order valence-corrected chi connectivity index (χ4v) is 2.16. The number of halogens is 1. The lowest BCUT2D eigenvalue weighted by molar-refractivity contribution is -0.144. The Hall–Kier alpha value is -1.94. The topological polar surface area (TPSA) is 51.5 Å². The molecule has 5 heteroatoms. The van der Waals surface area contributed by atoms with Gasteiger partial charge in [-0.1, -0.05) is 23.7 Å². The first-order valence-electron chi connectivity index (χ1n) is 5.80. The molecule has 19 heavy (non-hydrogen) atoms. The van der Waals surface area contributed by atoms with Gasteiger partial charge >= 0.3 is 5.97 Å². The largest absolute Gasteiger partial charge is 0.508 e. The van der Waals surface area contributed by atoms with Gasteiger partial charge in [0.05, 0.1) is 7.11 Å². The number of phenolic OH excluding ortho intramolecular Hbond substituents is 1. The maximum atomic E-state index is 11.9. The van der Waals surface area contributed by atoms with Gasteiger partial charge in [-0.05, 0) is 29.8 Å². The summed E-state index contributed by atoms with van der Waals surface area (Å²) in [5, 5.41) is 9.74. The van der Waals surface area contributed by atoms with E-state index >= 15 is 0 Å². The van der Waals surface area contributed by atoms with E-state index in [1.54, 1.807) is 47.2 Å².